The largest absolute Gasteiger partial charge is 0.497 e. The number of methoxy groups -OCH3 is 1. The van der Waals surface area contributed by atoms with Crippen LogP contribution in [0.1, 0.15) is 26.3 Å². The molecule has 3 aromatic carbocycles. The molecule has 0 aliphatic carbocycles. The van der Waals surface area contributed by atoms with E-state index in [1.54, 1.807) is 73.8 Å². The molecule has 1 amide bonds. The Bertz CT molecular complexity index is 1040. The lowest BCUT2D eigenvalue weighted by atomic mass is 10.1. The van der Waals surface area contributed by atoms with Gasteiger partial charge in [0, 0.05) is 5.56 Å². The van der Waals surface area contributed by atoms with Crippen molar-refractivity contribution in [1.29, 1.82) is 0 Å². The third kappa shape index (κ3) is 5.28. The van der Waals surface area contributed by atoms with E-state index in [1.807, 2.05) is 0 Å². The average molecular weight is 430 g/mol. The maximum atomic E-state index is 12.5. The van der Waals surface area contributed by atoms with Crippen molar-refractivity contribution in [3.63, 3.8) is 0 Å². The van der Waals surface area contributed by atoms with Gasteiger partial charge in [-0.2, -0.15) is 0 Å². The molecule has 0 bridgehead atoms. The topological polar surface area (TPSA) is 64.6 Å². The maximum absolute atomic E-state index is 12.5. The Morgan fingerprint density at radius 3 is 2.34 bits per heavy atom. The molecule has 0 aliphatic rings. The van der Waals surface area contributed by atoms with Crippen molar-refractivity contribution in [1.82, 2.24) is 0 Å². The van der Waals surface area contributed by atoms with Gasteiger partial charge >= 0.3 is 5.97 Å². The van der Waals surface area contributed by atoms with Crippen LogP contribution in [-0.2, 0) is 11.3 Å². The van der Waals surface area contributed by atoms with E-state index in [1.165, 1.54) is 0 Å². The summed E-state index contributed by atoms with van der Waals surface area (Å²) in [6.45, 7) is 0.0243. The van der Waals surface area contributed by atoms with Gasteiger partial charge in [0.05, 0.1) is 28.4 Å². The van der Waals surface area contributed by atoms with Crippen LogP contribution in [0, 0.1) is 0 Å². The monoisotopic (exact) mass is 429 g/mol. The van der Waals surface area contributed by atoms with Gasteiger partial charge in [-0.1, -0.05) is 41.4 Å². The molecule has 0 atom stereocenters. The van der Waals surface area contributed by atoms with Gasteiger partial charge in [0.15, 0.2) is 0 Å². The zero-order valence-electron chi connectivity index (χ0n) is 15.4. The zero-order chi connectivity index (χ0) is 20.8. The minimum absolute atomic E-state index is 0.0243. The first-order valence-electron chi connectivity index (χ1n) is 8.63. The fraction of sp³-hybridized carbons (Fsp3) is 0.0909. The summed E-state index contributed by atoms with van der Waals surface area (Å²) in [7, 11) is 1.55. The normalized spacial score (nSPS) is 10.3. The highest BCUT2D eigenvalue weighted by molar-refractivity contribution is 6.42. The van der Waals surface area contributed by atoms with Crippen LogP contribution >= 0.6 is 23.2 Å². The van der Waals surface area contributed by atoms with E-state index in [4.69, 9.17) is 32.7 Å². The molecule has 0 heterocycles. The SMILES string of the molecule is COc1ccc(C(=O)Nc2ccccc2C(=O)OCc2ccc(Cl)c(Cl)c2)cc1. The molecule has 7 heteroatoms. The van der Waals surface area contributed by atoms with Crippen LogP contribution in [0.15, 0.2) is 66.7 Å². The lowest BCUT2D eigenvalue weighted by Gasteiger charge is -2.11. The van der Waals surface area contributed by atoms with Gasteiger partial charge in [-0.15, -0.1) is 0 Å². The van der Waals surface area contributed by atoms with Crippen molar-refractivity contribution in [2.45, 2.75) is 6.61 Å². The first kappa shape index (κ1) is 20.7. The summed E-state index contributed by atoms with van der Waals surface area (Å²) in [5, 5.41) is 3.55. The molecule has 0 saturated heterocycles. The van der Waals surface area contributed by atoms with Gasteiger partial charge in [0.25, 0.3) is 5.91 Å². The highest BCUT2D eigenvalue weighted by Gasteiger charge is 2.16. The average Bonchev–Trinajstić information content (AvgIpc) is 2.74. The van der Waals surface area contributed by atoms with E-state index in [2.05, 4.69) is 5.32 Å². The van der Waals surface area contributed by atoms with E-state index in [0.29, 0.717) is 32.6 Å². The predicted octanol–water partition coefficient (Wildman–Crippen LogP) is 5.61. The van der Waals surface area contributed by atoms with E-state index >= 15 is 0 Å². The molecule has 0 radical (unpaired) electrons. The Hall–Kier alpha value is -3.02. The second-order valence-corrected chi connectivity index (χ2v) is 6.87. The van der Waals surface area contributed by atoms with E-state index < -0.39 is 5.97 Å². The number of hydrogen-bond donors (Lipinski definition) is 1. The predicted molar refractivity (Wildman–Crippen MR) is 113 cm³/mol. The molecule has 0 spiro atoms. The quantitative estimate of drug-likeness (QED) is 0.517. The van der Waals surface area contributed by atoms with Crippen LogP contribution in [0.5, 0.6) is 5.75 Å². The number of hydrogen-bond acceptors (Lipinski definition) is 4. The molecule has 0 aliphatic heterocycles. The number of carbonyl (C=O) groups excluding carboxylic acids is 2. The number of carbonyl (C=O) groups is 2. The summed E-state index contributed by atoms with van der Waals surface area (Å²) in [4.78, 5) is 25.0. The van der Waals surface area contributed by atoms with Crippen LogP contribution in [0.4, 0.5) is 5.69 Å². The first-order valence-corrected chi connectivity index (χ1v) is 9.39. The minimum atomic E-state index is -0.568. The van der Waals surface area contributed by atoms with Crippen molar-refractivity contribution in [2.75, 3.05) is 12.4 Å². The fourth-order valence-corrected chi connectivity index (χ4v) is 2.88. The Balaban J connectivity index is 1.70. The standard InChI is InChI=1S/C22H17Cl2NO4/c1-28-16-9-7-15(8-10-16)21(26)25-20-5-3-2-4-17(20)22(27)29-13-14-6-11-18(23)19(24)12-14/h2-12H,13H2,1H3,(H,25,26). The van der Waals surface area contributed by atoms with Gasteiger partial charge in [0.2, 0.25) is 0 Å². The Morgan fingerprint density at radius 1 is 0.931 bits per heavy atom. The number of halogens is 2. The molecular formula is C22H17Cl2NO4. The molecule has 3 rings (SSSR count). The van der Waals surface area contributed by atoms with Crippen LogP contribution in [0.3, 0.4) is 0 Å². The first-order chi connectivity index (χ1) is 14.0. The van der Waals surface area contributed by atoms with Gasteiger partial charge in [-0.3, -0.25) is 4.79 Å². The van der Waals surface area contributed by atoms with Crippen molar-refractivity contribution in [2.24, 2.45) is 0 Å². The van der Waals surface area contributed by atoms with E-state index in [9.17, 15) is 9.59 Å². The van der Waals surface area contributed by atoms with Gasteiger partial charge in [-0.05, 0) is 54.1 Å². The number of benzene rings is 3. The smallest absolute Gasteiger partial charge is 0.340 e. The molecule has 0 unspecified atom stereocenters. The van der Waals surface area contributed by atoms with Crippen molar-refractivity contribution < 1.29 is 19.1 Å². The number of esters is 1. The molecular weight excluding hydrogens is 413 g/mol. The molecule has 29 heavy (non-hydrogen) atoms. The summed E-state index contributed by atoms with van der Waals surface area (Å²) in [6.07, 6.45) is 0. The maximum Gasteiger partial charge on any atom is 0.340 e. The molecule has 3 aromatic rings. The minimum Gasteiger partial charge on any atom is -0.497 e. The van der Waals surface area contributed by atoms with Crippen LogP contribution in [0.25, 0.3) is 0 Å². The summed E-state index contributed by atoms with van der Waals surface area (Å²) in [5.74, 6) is -0.271. The number of nitrogens with one attached hydrogen (secondary N) is 1. The Morgan fingerprint density at radius 2 is 1.66 bits per heavy atom. The van der Waals surface area contributed by atoms with Crippen LogP contribution in [-0.4, -0.2) is 19.0 Å². The molecule has 0 saturated carbocycles. The van der Waals surface area contributed by atoms with Crippen LogP contribution < -0.4 is 10.1 Å². The number of amides is 1. The lowest BCUT2D eigenvalue weighted by molar-refractivity contribution is 0.0474. The van der Waals surface area contributed by atoms with Gasteiger partial charge in [0.1, 0.15) is 12.4 Å². The highest BCUT2D eigenvalue weighted by atomic mass is 35.5. The zero-order valence-corrected chi connectivity index (χ0v) is 17.0. The van der Waals surface area contributed by atoms with Crippen molar-refractivity contribution in [3.05, 3.63) is 93.5 Å². The number of anilines is 1. The Kier molecular flexibility index (Phi) is 6.75. The summed E-state index contributed by atoms with van der Waals surface area (Å²) in [5.41, 5.74) is 1.74. The van der Waals surface area contributed by atoms with Crippen molar-refractivity contribution >= 4 is 40.8 Å². The number of ether oxygens (including phenoxy) is 2. The second kappa shape index (κ2) is 9.45. The Labute approximate surface area is 178 Å². The molecule has 1 N–H and O–H groups in total. The summed E-state index contributed by atoms with van der Waals surface area (Å²) in [6, 6.07) is 18.3. The lowest BCUT2D eigenvalue weighted by Crippen LogP contribution is -2.15. The molecule has 0 fully saturated rings. The van der Waals surface area contributed by atoms with Crippen LogP contribution in [0.2, 0.25) is 10.0 Å². The van der Waals surface area contributed by atoms with Gasteiger partial charge in [-0.25, -0.2) is 4.79 Å². The fourth-order valence-electron chi connectivity index (χ4n) is 2.56. The number of rotatable bonds is 6. The molecule has 5 nitrogen and oxygen atoms in total. The second-order valence-electron chi connectivity index (χ2n) is 6.05. The summed E-state index contributed by atoms with van der Waals surface area (Å²) >= 11 is 11.9. The molecule has 148 valence electrons. The highest BCUT2D eigenvalue weighted by Crippen LogP contribution is 2.24. The number of para-hydroxylation sites is 1. The van der Waals surface area contributed by atoms with Crippen molar-refractivity contribution in [3.8, 4) is 5.75 Å². The van der Waals surface area contributed by atoms with E-state index in [-0.39, 0.29) is 18.1 Å². The third-order valence-corrected chi connectivity index (χ3v) is 4.84. The van der Waals surface area contributed by atoms with Gasteiger partial charge < -0.3 is 14.8 Å². The van der Waals surface area contributed by atoms with E-state index in [0.717, 1.165) is 0 Å². The molecule has 0 aromatic heterocycles. The summed E-state index contributed by atoms with van der Waals surface area (Å²) < 4.78 is 10.4. The third-order valence-electron chi connectivity index (χ3n) is 4.10.